The van der Waals surface area contributed by atoms with Crippen LogP contribution in [0.2, 0.25) is 0 Å². The van der Waals surface area contributed by atoms with E-state index in [9.17, 15) is 4.79 Å². The molecule has 3 rings (SSSR count). The fourth-order valence-electron chi connectivity index (χ4n) is 3.02. The maximum absolute atomic E-state index is 11.3. The number of pyridine rings is 1. The van der Waals surface area contributed by atoms with Crippen LogP contribution < -0.4 is 0 Å². The molecule has 1 aromatic heterocycles. The van der Waals surface area contributed by atoms with E-state index in [-0.39, 0.29) is 5.97 Å². The highest BCUT2D eigenvalue weighted by molar-refractivity contribution is 5.87. The molecule has 1 saturated heterocycles. The second-order valence-electron chi connectivity index (χ2n) is 5.89. The van der Waals surface area contributed by atoms with Crippen molar-refractivity contribution in [1.82, 2.24) is 9.88 Å². The van der Waals surface area contributed by atoms with E-state index in [1.165, 1.54) is 45.0 Å². The van der Waals surface area contributed by atoms with Gasteiger partial charge in [-0.15, -0.1) is 0 Å². The Morgan fingerprint density at radius 3 is 2.62 bits per heavy atom. The van der Waals surface area contributed by atoms with Crippen molar-refractivity contribution in [2.45, 2.75) is 38.1 Å². The topological polar surface area (TPSA) is 42.4 Å². The zero-order valence-corrected chi connectivity index (χ0v) is 12.5. The van der Waals surface area contributed by atoms with E-state index < -0.39 is 0 Å². The van der Waals surface area contributed by atoms with E-state index in [0.29, 0.717) is 5.69 Å². The predicted octanol–water partition coefficient (Wildman–Crippen LogP) is 2.90. The number of carbonyl (C=O) groups excluding carboxylic acids is 1. The van der Waals surface area contributed by atoms with Gasteiger partial charge < -0.3 is 4.74 Å². The zero-order valence-electron chi connectivity index (χ0n) is 12.5. The molecule has 0 radical (unpaired) electrons. The van der Waals surface area contributed by atoms with Crippen LogP contribution in [-0.2, 0) is 4.74 Å². The number of piperidine rings is 1. The largest absolute Gasteiger partial charge is 0.464 e. The second-order valence-corrected chi connectivity index (χ2v) is 5.89. The van der Waals surface area contributed by atoms with Crippen molar-refractivity contribution < 1.29 is 9.53 Å². The Labute approximate surface area is 125 Å². The first kappa shape index (κ1) is 14.3. The van der Waals surface area contributed by atoms with E-state index in [2.05, 4.69) is 20.7 Å². The number of hydrogen-bond acceptors (Lipinski definition) is 4. The third-order valence-electron chi connectivity index (χ3n) is 4.58. The summed E-state index contributed by atoms with van der Waals surface area (Å²) in [7, 11) is 1.37. The number of hydrogen-bond donors (Lipinski definition) is 0. The molecule has 1 saturated carbocycles. The van der Waals surface area contributed by atoms with Gasteiger partial charge in [0.2, 0.25) is 0 Å². The summed E-state index contributed by atoms with van der Waals surface area (Å²) in [6.45, 7) is 2.37. The minimum Gasteiger partial charge on any atom is -0.464 e. The average Bonchev–Trinajstić information content (AvgIpc) is 2.47. The Bertz CT molecular complexity index is 522. The molecule has 21 heavy (non-hydrogen) atoms. The van der Waals surface area contributed by atoms with Gasteiger partial charge >= 0.3 is 5.97 Å². The lowest BCUT2D eigenvalue weighted by molar-refractivity contribution is 0.0594. The molecule has 2 aliphatic rings. The summed E-state index contributed by atoms with van der Waals surface area (Å²) >= 11 is 0. The van der Waals surface area contributed by atoms with Crippen molar-refractivity contribution >= 4 is 12.0 Å². The Balaban J connectivity index is 1.59. The fraction of sp³-hybridized carbons (Fsp3) is 0.529. The lowest BCUT2D eigenvalue weighted by Gasteiger charge is -2.40. The lowest BCUT2D eigenvalue weighted by atomic mass is 9.89. The highest BCUT2D eigenvalue weighted by Gasteiger charge is 2.26. The summed E-state index contributed by atoms with van der Waals surface area (Å²) < 4.78 is 4.65. The number of ether oxygens (including phenoxy) is 1. The fourth-order valence-corrected chi connectivity index (χ4v) is 3.02. The molecule has 4 heteroatoms. The molecule has 0 aromatic carbocycles. The summed E-state index contributed by atoms with van der Waals surface area (Å²) in [4.78, 5) is 18.1. The Hall–Kier alpha value is -1.68. The minimum absolute atomic E-state index is 0.361. The number of methoxy groups -OCH3 is 1. The van der Waals surface area contributed by atoms with Crippen LogP contribution in [0.3, 0.4) is 0 Å². The van der Waals surface area contributed by atoms with Crippen LogP contribution in [0.25, 0.3) is 6.08 Å². The monoisotopic (exact) mass is 286 g/mol. The Morgan fingerprint density at radius 2 is 2.10 bits per heavy atom. The summed E-state index contributed by atoms with van der Waals surface area (Å²) in [5, 5.41) is 0. The molecule has 1 aliphatic carbocycles. The summed E-state index contributed by atoms with van der Waals surface area (Å²) in [5.41, 5.74) is 2.91. The number of aromatic nitrogens is 1. The molecular weight excluding hydrogens is 264 g/mol. The number of nitrogens with zero attached hydrogens (tertiary/aromatic N) is 2. The standard InChI is InChI=1S/C17H22N2O2/c1-21-17(20)16-6-5-14(12-18-16)11-13-7-9-19(10-8-13)15-3-2-4-15/h5-6,11-12,15H,2-4,7-10H2,1H3. The first-order valence-electron chi connectivity index (χ1n) is 7.74. The molecule has 2 fully saturated rings. The van der Waals surface area contributed by atoms with Gasteiger partial charge in [-0.2, -0.15) is 0 Å². The zero-order chi connectivity index (χ0) is 14.7. The number of carbonyl (C=O) groups is 1. The summed E-state index contributed by atoms with van der Waals surface area (Å²) in [6.07, 6.45) is 10.4. The van der Waals surface area contributed by atoms with Crippen molar-refractivity contribution in [3.63, 3.8) is 0 Å². The highest BCUT2D eigenvalue weighted by Crippen LogP contribution is 2.29. The molecule has 0 amide bonds. The number of esters is 1. The first-order chi connectivity index (χ1) is 10.3. The predicted molar refractivity (Wildman–Crippen MR) is 82.0 cm³/mol. The highest BCUT2D eigenvalue weighted by atomic mass is 16.5. The smallest absolute Gasteiger partial charge is 0.356 e. The molecule has 0 bridgehead atoms. The third-order valence-corrected chi connectivity index (χ3v) is 4.58. The van der Waals surface area contributed by atoms with Crippen molar-refractivity contribution in [2.24, 2.45) is 0 Å². The summed E-state index contributed by atoms with van der Waals surface area (Å²) in [6, 6.07) is 4.51. The van der Waals surface area contributed by atoms with Gasteiger partial charge in [0.05, 0.1) is 7.11 Å². The van der Waals surface area contributed by atoms with Crippen LogP contribution >= 0.6 is 0 Å². The van der Waals surface area contributed by atoms with Gasteiger partial charge in [-0.05, 0) is 37.3 Å². The van der Waals surface area contributed by atoms with Gasteiger partial charge in [-0.3, -0.25) is 4.90 Å². The molecular formula is C17H22N2O2. The molecule has 4 nitrogen and oxygen atoms in total. The first-order valence-corrected chi connectivity index (χ1v) is 7.74. The van der Waals surface area contributed by atoms with Gasteiger partial charge in [-0.25, -0.2) is 9.78 Å². The van der Waals surface area contributed by atoms with Crippen LogP contribution in [0.5, 0.6) is 0 Å². The van der Waals surface area contributed by atoms with E-state index >= 15 is 0 Å². The molecule has 0 unspecified atom stereocenters. The van der Waals surface area contributed by atoms with Crippen LogP contribution in [0.4, 0.5) is 0 Å². The lowest BCUT2D eigenvalue weighted by Crippen LogP contribution is -2.43. The molecule has 0 N–H and O–H groups in total. The maximum atomic E-state index is 11.3. The quantitative estimate of drug-likeness (QED) is 0.801. The molecule has 1 aliphatic heterocycles. The third kappa shape index (κ3) is 3.32. The average molecular weight is 286 g/mol. The molecule has 2 heterocycles. The molecule has 0 spiro atoms. The Kier molecular flexibility index (Phi) is 4.34. The molecule has 0 atom stereocenters. The van der Waals surface area contributed by atoms with Crippen LogP contribution in [0, 0.1) is 0 Å². The van der Waals surface area contributed by atoms with Crippen LogP contribution in [-0.4, -0.2) is 42.1 Å². The summed E-state index contributed by atoms with van der Waals surface area (Å²) in [5.74, 6) is -0.386. The van der Waals surface area contributed by atoms with Gasteiger partial charge in [0.15, 0.2) is 0 Å². The number of rotatable bonds is 3. The van der Waals surface area contributed by atoms with Gasteiger partial charge in [-0.1, -0.05) is 24.1 Å². The van der Waals surface area contributed by atoms with E-state index in [1.54, 1.807) is 12.3 Å². The van der Waals surface area contributed by atoms with E-state index in [4.69, 9.17) is 0 Å². The van der Waals surface area contributed by atoms with Gasteiger partial charge in [0.25, 0.3) is 0 Å². The molecule has 112 valence electrons. The van der Waals surface area contributed by atoms with E-state index in [0.717, 1.165) is 24.4 Å². The van der Waals surface area contributed by atoms with Crippen molar-refractivity contribution in [2.75, 3.05) is 20.2 Å². The minimum atomic E-state index is -0.386. The number of likely N-dealkylation sites (tertiary alicyclic amines) is 1. The van der Waals surface area contributed by atoms with Crippen molar-refractivity contribution in [3.8, 4) is 0 Å². The Morgan fingerprint density at radius 1 is 1.33 bits per heavy atom. The SMILES string of the molecule is COC(=O)c1ccc(C=C2CCN(C3CCC3)CC2)cn1. The van der Waals surface area contributed by atoms with Crippen LogP contribution in [0.15, 0.2) is 23.9 Å². The maximum Gasteiger partial charge on any atom is 0.356 e. The normalized spacial score (nSPS) is 20.0. The van der Waals surface area contributed by atoms with Gasteiger partial charge in [0.1, 0.15) is 5.69 Å². The van der Waals surface area contributed by atoms with Crippen molar-refractivity contribution in [1.29, 1.82) is 0 Å². The van der Waals surface area contributed by atoms with Crippen LogP contribution in [0.1, 0.15) is 48.2 Å². The van der Waals surface area contributed by atoms with Gasteiger partial charge in [0, 0.05) is 25.3 Å². The van der Waals surface area contributed by atoms with Crippen molar-refractivity contribution in [3.05, 3.63) is 35.2 Å². The second kappa shape index (κ2) is 6.39. The molecule has 1 aromatic rings. The van der Waals surface area contributed by atoms with E-state index in [1.807, 2.05) is 6.07 Å².